The van der Waals surface area contributed by atoms with Crippen LogP contribution in [0.15, 0.2) is 24.3 Å². The minimum absolute atomic E-state index is 0.168. The van der Waals surface area contributed by atoms with E-state index in [2.05, 4.69) is 20.6 Å². The fourth-order valence-corrected chi connectivity index (χ4v) is 1.32. The third-order valence-corrected chi connectivity index (χ3v) is 2.12. The fraction of sp³-hybridized carbons (Fsp3) is 0.222. The van der Waals surface area contributed by atoms with E-state index >= 15 is 0 Å². The number of halogens is 3. The molecule has 8 heteroatoms. The molecule has 0 aliphatic rings. The van der Waals surface area contributed by atoms with Crippen LogP contribution in [-0.2, 0) is 0 Å². The third kappa shape index (κ3) is 2.41. The summed E-state index contributed by atoms with van der Waals surface area (Å²) in [6, 6.07) is 5.26. The maximum atomic E-state index is 12.3. The van der Waals surface area contributed by atoms with Crippen molar-refractivity contribution in [3.05, 3.63) is 29.8 Å². The van der Waals surface area contributed by atoms with Gasteiger partial charge in [-0.15, -0.1) is 10.2 Å². The molecule has 1 atom stereocenters. The van der Waals surface area contributed by atoms with Crippen molar-refractivity contribution >= 4 is 0 Å². The Hall–Kier alpha value is -1.96. The summed E-state index contributed by atoms with van der Waals surface area (Å²) in [6.07, 6.45) is -7.22. The SMILES string of the molecule is O[C@H](c1cccc(-c2nn[nH]n2)c1)C(F)(F)F. The van der Waals surface area contributed by atoms with Gasteiger partial charge in [-0.3, -0.25) is 0 Å². The van der Waals surface area contributed by atoms with Gasteiger partial charge in [0, 0.05) is 5.56 Å². The summed E-state index contributed by atoms with van der Waals surface area (Å²) in [7, 11) is 0. The maximum absolute atomic E-state index is 12.3. The smallest absolute Gasteiger partial charge is 0.379 e. The molecule has 0 amide bonds. The summed E-state index contributed by atoms with van der Waals surface area (Å²) in [5.74, 6) is 0.168. The van der Waals surface area contributed by atoms with Gasteiger partial charge in [-0.25, -0.2) is 0 Å². The van der Waals surface area contributed by atoms with Crippen LogP contribution < -0.4 is 0 Å². The number of aromatic amines is 1. The molecule has 0 spiro atoms. The van der Waals surface area contributed by atoms with Crippen LogP contribution in [0.25, 0.3) is 11.4 Å². The molecule has 0 saturated carbocycles. The van der Waals surface area contributed by atoms with E-state index in [1.807, 2.05) is 0 Å². The van der Waals surface area contributed by atoms with Gasteiger partial charge in [0.05, 0.1) is 0 Å². The van der Waals surface area contributed by atoms with E-state index in [9.17, 15) is 13.2 Å². The zero-order chi connectivity index (χ0) is 12.5. The summed E-state index contributed by atoms with van der Waals surface area (Å²) >= 11 is 0. The highest BCUT2D eigenvalue weighted by Gasteiger charge is 2.39. The molecule has 0 radical (unpaired) electrons. The van der Waals surface area contributed by atoms with Gasteiger partial charge < -0.3 is 5.11 Å². The highest BCUT2D eigenvalue weighted by molar-refractivity contribution is 5.55. The van der Waals surface area contributed by atoms with Crippen molar-refractivity contribution in [2.24, 2.45) is 0 Å². The number of benzene rings is 1. The summed E-state index contributed by atoms with van der Waals surface area (Å²) in [6.45, 7) is 0. The Bertz CT molecular complexity index is 497. The molecule has 2 N–H and O–H groups in total. The molecule has 2 rings (SSSR count). The first kappa shape index (κ1) is 11.5. The lowest BCUT2D eigenvalue weighted by molar-refractivity contribution is -0.206. The predicted molar refractivity (Wildman–Crippen MR) is 50.6 cm³/mol. The second-order valence-electron chi connectivity index (χ2n) is 3.31. The summed E-state index contributed by atoms with van der Waals surface area (Å²) in [4.78, 5) is 0. The predicted octanol–water partition coefficient (Wildman–Crippen LogP) is 1.46. The van der Waals surface area contributed by atoms with Crippen molar-refractivity contribution in [1.29, 1.82) is 0 Å². The maximum Gasteiger partial charge on any atom is 0.418 e. The summed E-state index contributed by atoms with van der Waals surface area (Å²) in [5, 5.41) is 21.9. The molecule has 1 aromatic carbocycles. The van der Waals surface area contributed by atoms with Gasteiger partial charge in [0.15, 0.2) is 6.10 Å². The van der Waals surface area contributed by atoms with Crippen molar-refractivity contribution in [3.63, 3.8) is 0 Å². The molecule has 2 aromatic rings. The molecule has 0 aliphatic carbocycles. The number of hydrogen-bond acceptors (Lipinski definition) is 4. The quantitative estimate of drug-likeness (QED) is 0.838. The molecule has 0 fully saturated rings. The lowest BCUT2D eigenvalue weighted by atomic mass is 10.1. The van der Waals surface area contributed by atoms with Crippen LogP contribution in [0.3, 0.4) is 0 Å². The summed E-state index contributed by atoms with van der Waals surface area (Å²) < 4.78 is 36.9. The van der Waals surface area contributed by atoms with E-state index in [0.29, 0.717) is 5.56 Å². The summed E-state index contributed by atoms with van der Waals surface area (Å²) in [5.41, 5.74) is 0.0827. The van der Waals surface area contributed by atoms with Gasteiger partial charge in [0.1, 0.15) is 0 Å². The standard InChI is InChI=1S/C9H7F3N4O/c10-9(11,12)7(17)5-2-1-3-6(4-5)8-13-15-16-14-8/h1-4,7,17H,(H,13,14,15,16)/t7-/m1/s1. The molecule has 90 valence electrons. The van der Waals surface area contributed by atoms with Crippen molar-refractivity contribution in [3.8, 4) is 11.4 Å². The van der Waals surface area contributed by atoms with E-state index in [4.69, 9.17) is 5.11 Å². The number of tetrazole rings is 1. The molecule has 17 heavy (non-hydrogen) atoms. The monoisotopic (exact) mass is 244 g/mol. The van der Waals surface area contributed by atoms with Crippen molar-refractivity contribution in [1.82, 2.24) is 20.6 Å². The fourth-order valence-electron chi connectivity index (χ4n) is 1.32. The number of rotatable bonds is 2. The zero-order valence-corrected chi connectivity index (χ0v) is 8.31. The Morgan fingerprint density at radius 1 is 1.29 bits per heavy atom. The number of hydrogen-bond donors (Lipinski definition) is 2. The van der Waals surface area contributed by atoms with Gasteiger partial charge in [-0.2, -0.15) is 18.4 Å². The topological polar surface area (TPSA) is 74.7 Å². The van der Waals surface area contributed by atoms with Crippen LogP contribution in [0.1, 0.15) is 11.7 Å². The Labute approximate surface area is 93.3 Å². The Balaban J connectivity index is 2.36. The lowest BCUT2D eigenvalue weighted by Crippen LogP contribution is -2.20. The van der Waals surface area contributed by atoms with Gasteiger partial charge in [0.2, 0.25) is 5.82 Å². The number of nitrogens with zero attached hydrogens (tertiary/aromatic N) is 3. The number of nitrogens with one attached hydrogen (secondary N) is 1. The first-order valence-electron chi connectivity index (χ1n) is 4.57. The van der Waals surface area contributed by atoms with Crippen LogP contribution in [0, 0.1) is 0 Å². The number of aromatic nitrogens is 4. The first-order chi connectivity index (χ1) is 7.98. The lowest BCUT2D eigenvalue weighted by Gasteiger charge is -2.14. The Morgan fingerprint density at radius 2 is 2.06 bits per heavy atom. The molecule has 0 unspecified atom stereocenters. The van der Waals surface area contributed by atoms with Gasteiger partial charge in [-0.05, 0) is 16.8 Å². The van der Waals surface area contributed by atoms with Crippen molar-refractivity contribution in [2.75, 3.05) is 0 Å². The Morgan fingerprint density at radius 3 is 2.65 bits per heavy atom. The van der Waals surface area contributed by atoms with E-state index in [1.54, 1.807) is 0 Å². The Kier molecular flexibility index (Phi) is 2.80. The molecule has 5 nitrogen and oxygen atoms in total. The second kappa shape index (κ2) is 4.13. The average Bonchev–Trinajstić information content (AvgIpc) is 2.80. The van der Waals surface area contributed by atoms with E-state index in [0.717, 1.165) is 0 Å². The molecule has 1 heterocycles. The van der Waals surface area contributed by atoms with Crippen LogP contribution in [0.4, 0.5) is 13.2 Å². The highest BCUT2D eigenvalue weighted by Crippen LogP contribution is 2.33. The molecular formula is C9H7F3N4O. The van der Waals surface area contributed by atoms with Crippen molar-refractivity contribution in [2.45, 2.75) is 12.3 Å². The van der Waals surface area contributed by atoms with E-state index in [1.165, 1.54) is 24.3 Å². The zero-order valence-electron chi connectivity index (χ0n) is 8.31. The minimum Gasteiger partial charge on any atom is -0.379 e. The normalized spacial score (nSPS) is 13.6. The number of aliphatic hydroxyl groups is 1. The van der Waals surface area contributed by atoms with E-state index < -0.39 is 12.3 Å². The van der Waals surface area contributed by atoms with E-state index in [-0.39, 0.29) is 11.4 Å². The largest absolute Gasteiger partial charge is 0.418 e. The third-order valence-electron chi connectivity index (χ3n) is 2.12. The van der Waals surface area contributed by atoms with Crippen LogP contribution in [-0.4, -0.2) is 31.9 Å². The van der Waals surface area contributed by atoms with Crippen LogP contribution in [0.2, 0.25) is 0 Å². The highest BCUT2D eigenvalue weighted by atomic mass is 19.4. The number of alkyl halides is 3. The van der Waals surface area contributed by atoms with Crippen LogP contribution >= 0.6 is 0 Å². The second-order valence-corrected chi connectivity index (χ2v) is 3.31. The number of aliphatic hydroxyl groups excluding tert-OH is 1. The van der Waals surface area contributed by atoms with Crippen molar-refractivity contribution < 1.29 is 18.3 Å². The molecule has 0 bridgehead atoms. The minimum atomic E-state index is -4.70. The van der Waals surface area contributed by atoms with Gasteiger partial charge in [-0.1, -0.05) is 18.2 Å². The van der Waals surface area contributed by atoms with Crippen LogP contribution in [0.5, 0.6) is 0 Å². The molecular weight excluding hydrogens is 237 g/mol. The first-order valence-corrected chi connectivity index (χ1v) is 4.57. The van der Waals surface area contributed by atoms with Gasteiger partial charge >= 0.3 is 6.18 Å². The number of H-pyrrole nitrogens is 1. The molecule has 1 aromatic heterocycles. The van der Waals surface area contributed by atoms with Gasteiger partial charge in [0.25, 0.3) is 0 Å². The molecule has 0 aliphatic heterocycles. The average molecular weight is 244 g/mol. The molecule has 0 saturated heterocycles.